The van der Waals surface area contributed by atoms with E-state index in [4.69, 9.17) is 0 Å². The molecule has 0 aliphatic rings. The molecule has 0 saturated heterocycles. The maximum atomic E-state index is 10.9. The summed E-state index contributed by atoms with van der Waals surface area (Å²) in [6.45, 7) is 7.46. The van der Waals surface area contributed by atoms with E-state index >= 15 is 0 Å². The minimum Gasteiger partial charge on any atom is -0.388 e. The lowest BCUT2D eigenvalue weighted by atomic mass is 9.87. The van der Waals surface area contributed by atoms with E-state index in [-0.39, 0.29) is 16.0 Å². The first kappa shape index (κ1) is 17.3. The predicted molar refractivity (Wildman–Crippen MR) is 89.1 cm³/mol. The molecule has 2 N–H and O–H groups in total. The summed E-state index contributed by atoms with van der Waals surface area (Å²) in [5, 5.41) is 17.2. The van der Waals surface area contributed by atoms with Gasteiger partial charge in [0.05, 0.1) is 4.92 Å². The van der Waals surface area contributed by atoms with Gasteiger partial charge in [-0.05, 0) is 17.9 Å². The first-order chi connectivity index (χ1) is 9.88. The number of nitrogens with one attached hydrogen (secondary N) is 2. The summed E-state index contributed by atoms with van der Waals surface area (Å²) in [5.41, 5.74) is 1.82. The highest BCUT2D eigenvalue weighted by atomic mass is 16.6. The van der Waals surface area contributed by atoms with Crippen molar-refractivity contribution in [2.75, 3.05) is 24.2 Å². The topological polar surface area (TPSA) is 67.2 Å². The normalized spacial score (nSPS) is 11.2. The van der Waals surface area contributed by atoms with Crippen molar-refractivity contribution >= 4 is 17.1 Å². The number of nitrogens with zero attached hydrogens (tertiary/aromatic N) is 1. The van der Waals surface area contributed by atoms with Gasteiger partial charge in [-0.1, -0.05) is 40.0 Å². The van der Waals surface area contributed by atoms with Gasteiger partial charge in [-0.3, -0.25) is 10.1 Å². The van der Waals surface area contributed by atoms with Crippen LogP contribution in [0.2, 0.25) is 0 Å². The van der Waals surface area contributed by atoms with Crippen molar-refractivity contribution in [1.29, 1.82) is 0 Å². The van der Waals surface area contributed by atoms with Crippen LogP contribution in [0.25, 0.3) is 0 Å². The fourth-order valence-corrected chi connectivity index (χ4v) is 2.25. The third-order valence-corrected chi connectivity index (χ3v) is 3.65. The zero-order chi connectivity index (χ0) is 15.9. The summed E-state index contributed by atoms with van der Waals surface area (Å²) in [6, 6.07) is 5.02. The lowest BCUT2D eigenvalue weighted by molar-refractivity contribution is -0.384. The highest BCUT2D eigenvalue weighted by Gasteiger charge is 2.18. The van der Waals surface area contributed by atoms with Crippen LogP contribution in [-0.2, 0) is 0 Å². The highest BCUT2D eigenvalue weighted by Crippen LogP contribution is 2.27. The van der Waals surface area contributed by atoms with E-state index < -0.39 is 0 Å². The van der Waals surface area contributed by atoms with Gasteiger partial charge in [0.1, 0.15) is 0 Å². The number of hydrogen-bond acceptors (Lipinski definition) is 4. The van der Waals surface area contributed by atoms with Gasteiger partial charge >= 0.3 is 0 Å². The van der Waals surface area contributed by atoms with Crippen molar-refractivity contribution in [3.63, 3.8) is 0 Å². The van der Waals surface area contributed by atoms with Crippen molar-refractivity contribution in [3.05, 3.63) is 28.3 Å². The van der Waals surface area contributed by atoms with E-state index in [1.807, 2.05) is 6.07 Å². The Hall–Kier alpha value is -1.78. The molecule has 0 unspecified atom stereocenters. The van der Waals surface area contributed by atoms with E-state index in [2.05, 4.69) is 31.4 Å². The average Bonchev–Trinajstić information content (AvgIpc) is 2.45. The SMILES string of the molecule is CCCCCC(C)(C)CNc1cc(NC)cc([N+](=O)[O-])c1. The molecule has 5 heteroatoms. The Morgan fingerprint density at radius 2 is 1.86 bits per heavy atom. The maximum Gasteiger partial charge on any atom is 0.273 e. The monoisotopic (exact) mass is 293 g/mol. The van der Waals surface area contributed by atoms with Crippen molar-refractivity contribution < 1.29 is 4.92 Å². The molecule has 0 radical (unpaired) electrons. The van der Waals surface area contributed by atoms with Crippen LogP contribution in [0.15, 0.2) is 18.2 Å². The summed E-state index contributed by atoms with van der Waals surface area (Å²) in [4.78, 5) is 10.6. The van der Waals surface area contributed by atoms with Crippen molar-refractivity contribution in [3.8, 4) is 0 Å². The molecule has 0 amide bonds. The highest BCUT2D eigenvalue weighted by molar-refractivity contribution is 5.63. The van der Waals surface area contributed by atoms with E-state index in [1.54, 1.807) is 13.1 Å². The van der Waals surface area contributed by atoms with Crippen LogP contribution in [0.3, 0.4) is 0 Å². The van der Waals surface area contributed by atoms with Crippen LogP contribution in [0.5, 0.6) is 0 Å². The van der Waals surface area contributed by atoms with Gasteiger partial charge in [0, 0.05) is 37.1 Å². The Labute approximate surface area is 127 Å². The number of nitro benzene ring substituents is 1. The van der Waals surface area contributed by atoms with Crippen molar-refractivity contribution in [1.82, 2.24) is 0 Å². The van der Waals surface area contributed by atoms with Crippen LogP contribution < -0.4 is 10.6 Å². The molecule has 0 aliphatic heterocycles. The largest absolute Gasteiger partial charge is 0.388 e. The molecule has 0 heterocycles. The van der Waals surface area contributed by atoms with E-state index in [9.17, 15) is 10.1 Å². The molecule has 0 aliphatic carbocycles. The lowest BCUT2D eigenvalue weighted by Crippen LogP contribution is -2.23. The molecular formula is C16H27N3O2. The minimum absolute atomic E-state index is 0.105. The second kappa shape index (κ2) is 7.86. The smallest absolute Gasteiger partial charge is 0.273 e. The van der Waals surface area contributed by atoms with Crippen molar-refractivity contribution in [2.24, 2.45) is 5.41 Å². The van der Waals surface area contributed by atoms with Gasteiger partial charge in [-0.2, -0.15) is 0 Å². The van der Waals surface area contributed by atoms with Crippen LogP contribution >= 0.6 is 0 Å². The quantitative estimate of drug-likeness (QED) is 0.395. The third kappa shape index (κ3) is 6.02. The number of nitro groups is 1. The molecule has 118 valence electrons. The number of anilines is 2. The van der Waals surface area contributed by atoms with Crippen molar-refractivity contribution in [2.45, 2.75) is 46.5 Å². The molecule has 1 aromatic rings. The number of hydrogen-bond donors (Lipinski definition) is 2. The van der Waals surface area contributed by atoms with Crippen LogP contribution in [0.1, 0.15) is 46.5 Å². The zero-order valence-corrected chi connectivity index (χ0v) is 13.5. The molecular weight excluding hydrogens is 266 g/mol. The molecule has 21 heavy (non-hydrogen) atoms. The molecule has 1 aromatic carbocycles. The van der Waals surface area contributed by atoms with Crippen LogP contribution in [-0.4, -0.2) is 18.5 Å². The summed E-state index contributed by atoms with van der Waals surface area (Å²) in [7, 11) is 1.76. The van der Waals surface area contributed by atoms with E-state index in [1.165, 1.54) is 25.3 Å². The second-order valence-corrected chi connectivity index (χ2v) is 6.25. The van der Waals surface area contributed by atoms with Gasteiger partial charge in [0.25, 0.3) is 5.69 Å². The number of benzene rings is 1. The minimum atomic E-state index is -0.363. The van der Waals surface area contributed by atoms with Crippen LogP contribution in [0, 0.1) is 15.5 Å². The van der Waals surface area contributed by atoms with Crippen LogP contribution in [0.4, 0.5) is 17.1 Å². The Morgan fingerprint density at radius 1 is 1.19 bits per heavy atom. The number of non-ortho nitro benzene ring substituents is 1. The molecule has 5 nitrogen and oxygen atoms in total. The Balaban J connectivity index is 2.69. The first-order valence-electron chi connectivity index (χ1n) is 7.59. The van der Waals surface area contributed by atoms with E-state index in [0.29, 0.717) is 0 Å². The Morgan fingerprint density at radius 3 is 2.43 bits per heavy atom. The zero-order valence-electron chi connectivity index (χ0n) is 13.5. The number of unbranched alkanes of at least 4 members (excludes halogenated alkanes) is 2. The fraction of sp³-hybridized carbons (Fsp3) is 0.625. The van der Waals surface area contributed by atoms with Gasteiger partial charge in [-0.25, -0.2) is 0 Å². The lowest BCUT2D eigenvalue weighted by Gasteiger charge is -2.25. The predicted octanol–water partition coefficient (Wildman–Crippen LogP) is 4.65. The van der Waals surface area contributed by atoms with Gasteiger partial charge in [0.2, 0.25) is 0 Å². The maximum absolute atomic E-state index is 10.9. The Bertz CT molecular complexity index is 473. The van der Waals surface area contributed by atoms with Gasteiger partial charge in [-0.15, -0.1) is 0 Å². The molecule has 0 aromatic heterocycles. The molecule has 0 atom stereocenters. The third-order valence-electron chi connectivity index (χ3n) is 3.65. The molecule has 0 spiro atoms. The Kier molecular flexibility index (Phi) is 6.46. The average molecular weight is 293 g/mol. The molecule has 0 saturated carbocycles. The summed E-state index contributed by atoms with van der Waals surface area (Å²) >= 11 is 0. The fourth-order valence-electron chi connectivity index (χ4n) is 2.25. The standard InChI is InChI=1S/C16H27N3O2/c1-5-6-7-8-16(2,3)12-18-14-9-13(17-4)10-15(11-14)19(20)21/h9-11,17-18H,5-8,12H2,1-4H3. The number of rotatable bonds is 9. The van der Waals surface area contributed by atoms with Gasteiger partial charge in [0.15, 0.2) is 0 Å². The summed E-state index contributed by atoms with van der Waals surface area (Å²) in [6.07, 6.45) is 4.85. The second-order valence-electron chi connectivity index (χ2n) is 6.25. The molecule has 0 bridgehead atoms. The summed E-state index contributed by atoms with van der Waals surface area (Å²) < 4.78 is 0. The van der Waals surface area contributed by atoms with E-state index in [0.717, 1.165) is 24.3 Å². The first-order valence-corrected chi connectivity index (χ1v) is 7.59. The molecule has 1 rings (SSSR count). The summed E-state index contributed by atoms with van der Waals surface area (Å²) in [5.74, 6) is 0. The van der Waals surface area contributed by atoms with Gasteiger partial charge < -0.3 is 10.6 Å². The molecule has 0 fully saturated rings.